The van der Waals surface area contributed by atoms with Crippen LogP contribution in [-0.4, -0.2) is 11.5 Å². The first-order chi connectivity index (χ1) is 7.20. The van der Waals surface area contributed by atoms with Gasteiger partial charge in [0.15, 0.2) is 0 Å². The average molecular weight is 240 g/mol. The largest absolute Gasteiger partial charge is 0.496 e. The maximum absolute atomic E-state index is 5.86. The van der Waals surface area contributed by atoms with E-state index in [1.807, 2.05) is 31.2 Å². The fraction of sp³-hybridized carbons (Fsp3) is 0.182. The molecule has 1 aromatic heterocycles. The lowest BCUT2D eigenvalue weighted by Crippen LogP contribution is -1.88. The zero-order chi connectivity index (χ0) is 10.8. The molecule has 78 valence electrons. The molecule has 0 aliphatic rings. The second-order valence-corrected chi connectivity index (χ2v) is 4.66. The van der Waals surface area contributed by atoms with Crippen molar-refractivity contribution in [3.05, 3.63) is 34.2 Å². The summed E-state index contributed by atoms with van der Waals surface area (Å²) in [5.74, 6) is 0.822. The highest BCUT2D eigenvalue weighted by Gasteiger charge is 2.09. The van der Waals surface area contributed by atoms with Gasteiger partial charge in [-0.2, -0.15) is 4.37 Å². The molecule has 15 heavy (non-hydrogen) atoms. The standard InChI is InChI=1S/C11H10ClNOS/c1-7-3-4-10(14-2)8(5-7)9-6-11(12)15-13-9/h3-6H,1-2H3. The van der Waals surface area contributed by atoms with Gasteiger partial charge in [0.1, 0.15) is 10.1 Å². The molecule has 2 rings (SSSR count). The first-order valence-corrected chi connectivity index (χ1v) is 5.63. The van der Waals surface area contributed by atoms with Gasteiger partial charge >= 0.3 is 0 Å². The molecule has 0 saturated heterocycles. The SMILES string of the molecule is COc1ccc(C)cc1-c1cc(Cl)sn1. The maximum Gasteiger partial charge on any atom is 0.128 e. The van der Waals surface area contributed by atoms with Crippen molar-refractivity contribution in [2.75, 3.05) is 7.11 Å². The number of rotatable bonds is 2. The third-order valence-corrected chi connectivity index (χ3v) is 3.01. The highest BCUT2D eigenvalue weighted by molar-refractivity contribution is 7.10. The summed E-state index contributed by atoms with van der Waals surface area (Å²) in [6, 6.07) is 7.85. The lowest BCUT2D eigenvalue weighted by molar-refractivity contribution is 0.416. The van der Waals surface area contributed by atoms with Crippen LogP contribution in [0.5, 0.6) is 5.75 Å². The molecule has 0 unspecified atom stereocenters. The Bertz CT molecular complexity index is 481. The summed E-state index contributed by atoms with van der Waals surface area (Å²) >= 11 is 7.14. The molecule has 1 aromatic carbocycles. The van der Waals surface area contributed by atoms with E-state index in [0.717, 1.165) is 17.0 Å². The number of halogens is 1. The van der Waals surface area contributed by atoms with Crippen molar-refractivity contribution in [3.8, 4) is 17.0 Å². The van der Waals surface area contributed by atoms with Gasteiger partial charge in [0.25, 0.3) is 0 Å². The highest BCUT2D eigenvalue weighted by Crippen LogP contribution is 2.32. The first kappa shape index (κ1) is 10.5. The zero-order valence-electron chi connectivity index (χ0n) is 8.45. The molecule has 0 spiro atoms. The number of nitrogens with zero attached hydrogens (tertiary/aromatic N) is 1. The van der Waals surface area contributed by atoms with Gasteiger partial charge in [0.2, 0.25) is 0 Å². The van der Waals surface area contributed by atoms with Crippen molar-refractivity contribution >= 4 is 23.1 Å². The molecule has 0 N–H and O–H groups in total. The third-order valence-electron chi connectivity index (χ3n) is 2.11. The summed E-state index contributed by atoms with van der Waals surface area (Å²) in [6.45, 7) is 2.04. The number of aryl methyl sites for hydroxylation is 1. The van der Waals surface area contributed by atoms with Crippen LogP contribution in [0.25, 0.3) is 11.3 Å². The Morgan fingerprint density at radius 3 is 2.73 bits per heavy atom. The van der Waals surface area contributed by atoms with Crippen LogP contribution >= 0.6 is 23.1 Å². The molecule has 0 fully saturated rings. The van der Waals surface area contributed by atoms with E-state index >= 15 is 0 Å². The zero-order valence-corrected chi connectivity index (χ0v) is 10.0. The molecule has 0 radical (unpaired) electrons. The summed E-state index contributed by atoms with van der Waals surface area (Å²) in [5, 5.41) is 0. The molecule has 1 heterocycles. The van der Waals surface area contributed by atoms with Crippen molar-refractivity contribution in [1.29, 1.82) is 0 Å². The first-order valence-electron chi connectivity index (χ1n) is 4.48. The van der Waals surface area contributed by atoms with E-state index in [0.29, 0.717) is 4.34 Å². The topological polar surface area (TPSA) is 22.1 Å². The van der Waals surface area contributed by atoms with E-state index in [1.165, 1.54) is 17.1 Å². The normalized spacial score (nSPS) is 10.3. The fourth-order valence-corrected chi connectivity index (χ4v) is 2.11. The minimum absolute atomic E-state index is 0.688. The monoisotopic (exact) mass is 239 g/mol. The summed E-state index contributed by atoms with van der Waals surface area (Å²) in [6.07, 6.45) is 0. The number of benzene rings is 1. The predicted molar refractivity (Wildman–Crippen MR) is 63.8 cm³/mol. The molecular weight excluding hydrogens is 230 g/mol. The third kappa shape index (κ3) is 2.13. The number of methoxy groups -OCH3 is 1. The van der Waals surface area contributed by atoms with Crippen LogP contribution in [0.2, 0.25) is 4.34 Å². The molecule has 0 bridgehead atoms. The average Bonchev–Trinajstić information content (AvgIpc) is 2.65. The van der Waals surface area contributed by atoms with Gasteiger partial charge in [-0.3, -0.25) is 0 Å². The Kier molecular flexibility index (Phi) is 2.93. The van der Waals surface area contributed by atoms with Gasteiger partial charge in [0.05, 0.1) is 12.8 Å². The molecule has 2 aromatic rings. The second kappa shape index (κ2) is 4.21. The van der Waals surface area contributed by atoms with Crippen LogP contribution < -0.4 is 4.74 Å². The predicted octanol–water partition coefficient (Wildman–Crippen LogP) is 3.78. The minimum Gasteiger partial charge on any atom is -0.496 e. The molecule has 2 nitrogen and oxygen atoms in total. The maximum atomic E-state index is 5.86. The summed E-state index contributed by atoms with van der Waals surface area (Å²) in [5.41, 5.74) is 3.03. The van der Waals surface area contributed by atoms with Gasteiger partial charge in [-0.1, -0.05) is 23.2 Å². The van der Waals surface area contributed by atoms with Gasteiger partial charge in [-0.15, -0.1) is 0 Å². The molecule has 4 heteroatoms. The molecule has 0 saturated carbocycles. The van der Waals surface area contributed by atoms with Gasteiger partial charge < -0.3 is 4.74 Å². The lowest BCUT2D eigenvalue weighted by Gasteiger charge is -2.06. The molecule has 0 aliphatic heterocycles. The van der Waals surface area contributed by atoms with Gasteiger partial charge in [-0.25, -0.2) is 0 Å². The Balaban J connectivity index is 2.55. The number of hydrogen-bond donors (Lipinski definition) is 0. The summed E-state index contributed by atoms with van der Waals surface area (Å²) in [4.78, 5) is 0. The highest BCUT2D eigenvalue weighted by atomic mass is 35.5. The smallest absolute Gasteiger partial charge is 0.128 e. The molecule has 0 amide bonds. The van der Waals surface area contributed by atoms with Crippen molar-refractivity contribution in [3.63, 3.8) is 0 Å². The Morgan fingerprint density at radius 1 is 1.33 bits per heavy atom. The van der Waals surface area contributed by atoms with Crippen LogP contribution in [-0.2, 0) is 0 Å². The Morgan fingerprint density at radius 2 is 2.13 bits per heavy atom. The minimum atomic E-state index is 0.688. The Hall–Kier alpha value is -1.06. The van der Waals surface area contributed by atoms with Crippen molar-refractivity contribution in [2.24, 2.45) is 0 Å². The van der Waals surface area contributed by atoms with Crippen LogP contribution in [0, 0.1) is 6.92 Å². The van der Waals surface area contributed by atoms with E-state index in [4.69, 9.17) is 16.3 Å². The van der Waals surface area contributed by atoms with Crippen molar-refractivity contribution < 1.29 is 4.74 Å². The summed E-state index contributed by atoms with van der Waals surface area (Å²) < 4.78 is 10.2. The second-order valence-electron chi connectivity index (χ2n) is 3.22. The molecular formula is C11H10ClNOS. The Labute approximate surface area is 97.6 Å². The molecule has 0 atom stereocenters. The van der Waals surface area contributed by atoms with Crippen LogP contribution in [0.4, 0.5) is 0 Å². The number of aromatic nitrogens is 1. The molecule has 0 aliphatic carbocycles. The van der Waals surface area contributed by atoms with Crippen molar-refractivity contribution in [2.45, 2.75) is 6.92 Å². The van der Waals surface area contributed by atoms with E-state index in [-0.39, 0.29) is 0 Å². The van der Waals surface area contributed by atoms with Crippen LogP contribution in [0.3, 0.4) is 0 Å². The van der Waals surface area contributed by atoms with Crippen molar-refractivity contribution in [1.82, 2.24) is 4.37 Å². The van der Waals surface area contributed by atoms with Crippen LogP contribution in [0.15, 0.2) is 24.3 Å². The van der Waals surface area contributed by atoms with Gasteiger partial charge in [0, 0.05) is 5.56 Å². The van der Waals surface area contributed by atoms with Crippen LogP contribution in [0.1, 0.15) is 5.56 Å². The van der Waals surface area contributed by atoms with E-state index in [1.54, 1.807) is 7.11 Å². The van der Waals surface area contributed by atoms with E-state index in [9.17, 15) is 0 Å². The summed E-state index contributed by atoms with van der Waals surface area (Å²) in [7, 11) is 1.65. The lowest BCUT2D eigenvalue weighted by atomic mass is 10.1. The van der Waals surface area contributed by atoms with E-state index < -0.39 is 0 Å². The quantitative estimate of drug-likeness (QED) is 0.796. The van der Waals surface area contributed by atoms with E-state index in [2.05, 4.69) is 4.37 Å². The van der Waals surface area contributed by atoms with Gasteiger partial charge in [-0.05, 0) is 36.7 Å². The fourth-order valence-electron chi connectivity index (χ4n) is 1.40. The number of hydrogen-bond acceptors (Lipinski definition) is 3. The number of ether oxygens (including phenoxy) is 1.